The average Bonchev–Trinajstić information content (AvgIpc) is 3.09. The van der Waals surface area contributed by atoms with Crippen molar-refractivity contribution < 1.29 is 4.79 Å². The Morgan fingerprint density at radius 2 is 2.11 bits per heavy atom. The molecule has 140 valence electrons. The highest BCUT2D eigenvalue weighted by Gasteiger charge is 2.23. The van der Waals surface area contributed by atoms with Crippen LogP contribution in [0, 0.1) is 0 Å². The van der Waals surface area contributed by atoms with E-state index in [1.807, 2.05) is 18.2 Å². The number of amides is 1. The number of carbonyl (C=O) groups excluding carboxylic acids is 1. The van der Waals surface area contributed by atoms with Crippen molar-refractivity contribution in [2.24, 2.45) is 5.73 Å². The second-order valence-corrected chi connectivity index (χ2v) is 8.60. The lowest BCUT2D eigenvalue weighted by Crippen LogP contribution is -2.37. The fourth-order valence-electron chi connectivity index (χ4n) is 3.15. The van der Waals surface area contributed by atoms with Gasteiger partial charge in [-0.3, -0.25) is 14.5 Å². The number of aromatic nitrogens is 3. The maximum absolute atomic E-state index is 12.9. The molecule has 1 aromatic carbocycles. The van der Waals surface area contributed by atoms with Gasteiger partial charge in [0.15, 0.2) is 4.34 Å². The fraction of sp³-hybridized carbons (Fsp3) is 0.333. The van der Waals surface area contributed by atoms with Gasteiger partial charge in [-0.1, -0.05) is 53.4 Å². The van der Waals surface area contributed by atoms with Crippen LogP contribution >= 0.6 is 23.1 Å². The van der Waals surface area contributed by atoms with Crippen LogP contribution in [0.15, 0.2) is 39.5 Å². The molecule has 2 N–H and O–H groups in total. The second kappa shape index (κ2) is 7.79. The summed E-state index contributed by atoms with van der Waals surface area (Å²) in [5.74, 6) is -0.269. The van der Waals surface area contributed by atoms with E-state index < -0.39 is 5.91 Å². The molecule has 2 aromatic heterocycles. The zero-order chi connectivity index (χ0) is 18.8. The van der Waals surface area contributed by atoms with E-state index in [0.717, 1.165) is 37.2 Å². The van der Waals surface area contributed by atoms with Gasteiger partial charge >= 0.3 is 0 Å². The molecular weight excluding hydrogens is 382 g/mol. The molecule has 3 heterocycles. The second-order valence-electron chi connectivity index (χ2n) is 6.42. The van der Waals surface area contributed by atoms with E-state index in [1.165, 1.54) is 33.2 Å². The summed E-state index contributed by atoms with van der Waals surface area (Å²) in [6, 6.07) is 10.4. The summed E-state index contributed by atoms with van der Waals surface area (Å²) in [4.78, 5) is 31.3. The molecule has 0 saturated carbocycles. The molecule has 4 rings (SSSR count). The Bertz CT molecular complexity index is 1030. The maximum atomic E-state index is 12.9. The Kier molecular flexibility index (Phi) is 5.24. The first-order chi connectivity index (χ1) is 13.1. The molecule has 0 bridgehead atoms. The number of hydrogen-bond donors (Lipinski definition) is 1. The summed E-state index contributed by atoms with van der Waals surface area (Å²) in [5, 5.41) is 4.31. The van der Waals surface area contributed by atoms with Gasteiger partial charge < -0.3 is 5.73 Å². The molecule has 0 aliphatic carbocycles. The van der Waals surface area contributed by atoms with Crippen LogP contribution in [-0.4, -0.2) is 44.2 Å². The van der Waals surface area contributed by atoms with Crippen molar-refractivity contribution in [1.82, 2.24) is 19.5 Å². The van der Waals surface area contributed by atoms with E-state index in [0.29, 0.717) is 15.8 Å². The van der Waals surface area contributed by atoms with E-state index in [9.17, 15) is 9.59 Å². The first kappa shape index (κ1) is 18.1. The van der Waals surface area contributed by atoms with Crippen LogP contribution in [0.25, 0.3) is 4.96 Å². The van der Waals surface area contributed by atoms with Crippen LogP contribution in [0.1, 0.15) is 16.8 Å². The fourth-order valence-corrected chi connectivity index (χ4v) is 4.84. The van der Waals surface area contributed by atoms with Gasteiger partial charge in [-0.15, -0.1) is 5.10 Å². The van der Waals surface area contributed by atoms with Crippen molar-refractivity contribution in [2.45, 2.75) is 23.7 Å². The number of rotatable bonds is 6. The quantitative estimate of drug-likeness (QED) is 0.627. The third kappa shape index (κ3) is 4.05. The van der Waals surface area contributed by atoms with E-state index in [-0.39, 0.29) is 11.3 Å². The maximum Gasteiger partial charge on any atom is 0.279 e. The lowest BCUT2D eigenvalue weighted by atomic mass is 10.1. The van der Waals surface area contributed by atoms with Crippen LogP contribution in [0.4, 0.5) is 0 Å². The Labute approximate surface area is 164 Å². The molecule has 0 atom stereocenters. The van der Waals surface area contributed by atoms with E-state index in [1.54, 1.807) is 0 Å². The highest BCUT2D eigenvalue weighted by molar-refractivity contribution is 8.01. The Morgan fingerprint density at radius 3 is 2.89 bits per heavy atom. The van der Waals surface area contributed by atoms with Crippen LogP contribution < -0.4 is 11.3 Å². The van der Waals surface area contributed by atoms with Crippen LogP contribution in [0.3, 0.4) is 0 Å². The first-order valence-electron chi connectivity index (χ1n) is 8.69. The third-order valence-corrected chi connectivity index (χ3v) is 6.58. The average molecular weight is 402 g/mol. The van der Waals surface area contributed by atoms with Gasteiger partial charge in [0.1, 0.15) is 0 Å². The number of nitrogens with zero attached hydrogens (tertiary/aromatic N) is 4. The van der Waals surface area contributed by atoms with Crippen molar-refractivity contribution in [3.05, 3.63) is 57.5 Å². The number of hydrogen-bond acceptors (Lipinski definition) is 7. The van der Waals surface area contributed by atoms with Gasteiger partial charge in [-0.05, 0) is 12.0 Å². The monoisotopic (exact) mass is 401 g/mol. The summed E-state index contributed by atoms with van der Waals surface area (Å²) in [7, 11) is 0. The minimum atomic E-state index is -0.409. The van der Waals surface area contributed by atoms with Crippen molar-refractivity contribution >= 4 is 34.0 Å². The standard InChI is InChI=1S/C18H19N5O2S2/c19-15(24)11-26-18-21-23-16(25)13-10-22(8-6-12-4-2-1-3-5-12)9-7-14(13)20-17(23)27-18/h1-5H,6-11H2,(H2,19,24). The van der Waals surface area contributed by atoms with E-state index in [2.05, 4.69) is 27.1 Å². The zero-order valence-electron chi connectivity index (χ0n) is 14.6. The van der Waals surface area contributed by atoms with Crippen molar-refractivity contribution in [1.29, 1.82) is 0 Å². The van der Waals surface area contributed by atoms with Gasteiger partial charge in [-0.25, -0.2) is 4.98 Å². The molecule has 1 aliphatic rings. The smallest absolute Gasteiger partial charge is 0.279 e. The van der Waals surface area contributed by atoms with Gasteiger partial charge in [0.25, 0.3) is 5.56 Å². The number of primary amides is 1. The number of fused-ring (bicyclic) bond motifs is 2. The number of carbonyl (C=O) groups is 1. The van der Waals surface area contributed by atoms with Gasteiger partial charge in [0.05, 0.1) is 17.0 Å². The molecule has 27 heavy (non-hydrogen) atoms. The number of benzene rings is 1. The molecule has 0 unspecified atom stereocenters. The predicted octanol–water partition coefficient (Wildman–Crippen LogP) is 1.33. The lowest BCUT2D eigenvalue weighted by molar-refractivity contribution is -0.115. The summed E-state index contributed by atoms with van der Waals surface area (Å²) in [6.07, 6.45) is 1.72. The topological polar surface area (TPSA) is 93.6 Å². The molecule has 0 saturated heterocycles. The zero-order valence-corrected chi connectivity index (χ0v) is 16.3. The SMILES string of the molecule is NC(=O)CSc1nn2c(=O)c3c(nc2s1)CCN(CCc1ccccc1)C3. The van der Waals surface area contributed by atoms with E-state index >= 15 is 0 Å². The molecule has 0 fully saturated rings. The number of nitrogens with two attached hydrogens (primary N) is 1. The van der Waals surface area contributed by atoms with Crippen molar-refractivity contribution in [3.8, 4) is 0 Å². The van der Waals surface area contributed by atoms with Gasteiger partial charge in [0.2, 0.25) is 10.9 Å². The molecule has 9 heteroatoms. The highest BCUT2D eigenvalue weighted by Crippen LogP contribution is 2.24. The number of thioether (sulfide) groups is 1. The first-order valence-corrected chi connectivity index (χ1v) is 10.5. The minimum absolute atomic E-state index is 0.110. The van der Waals surface area contributed by atoms with Crippen molar-refractivity contribution in [2.75, 3.05) is 18.8 Å². The van der Waals surface area contributed by atoms with Crippen molar-refractivity contribution in [3.63, 3.8) is 0 Å². The molecule has 3 aromatic rings. The Hall–Kier alpha value is -2.23. The lowest BCUT2D eigenvalue weighted by Gasteiger charge is -2.27. The normalized spacial score (nSPS) is 14.4. The highest BCUT2D eigenvalue weighted by atomic mass is 32.2. The largest absolute Gasteiger partial charge is 0.369 e. The summed E-state index contributed by atoms with van der Waals surface area (Å²) < 4.78 is 1.98. The van der Waals surface area contributed by atoms with E-state index in [4.69, 9.17) is 5.73 Å². The van der Waals surface area contributed by atoms with Gasteiger partial charge in [-0.2, -0.15) is 4.52 Å². The summed E-state index contributed by atoms with van der Waals surface area (Å²) >= 11 is 2.55. The molecule has 1 aliphatic heterocycles. The molecular formula is C18H19N5O2S2. The van der Waals surface area contributed by atoms with Gasteiger partial charge in [0, 0.05) is 26.1 Å². The van der Waals surface area contributed by atoms with Crippen LogP contribution in [0.5, 0.6) is 0 Å². The van der Waals surface area contributed by atoms with Crippen LogP contribution in [-0.2, 0) is 24.2 Å². The predicted molar refractivity (Wildman–Crippen MR) is 106 cm³/mol. The Morgan fingerprint density at radius 1 is 1.30 bits per heavy atom. The molecule has 0 radical (unpaired) electrons. The summed E-state index contributed by atoms with van der Waals surface area (Å²) in [5.41, 5.74) is 7.96. The third-order valence-electron chi connectivity index (χ3n) is 4.51. The van der Waals surface area contributed by atoms with Crippen LogP contribution in [0.2, 0.25) is 0 Å². The molecule has 1 amide bonds. The summed E-state index contributed by atoms with van der Waals surface area (Å²) in [6.45, 7) is 2.39. The molecule has 7 nitrogen and oxygen atoms in total. The molecule has 0 spiro atoms. The minimum Gasteiger partial charge on any atom is -0.369 e. The Balaban J connectivity index is 1.53.